The van der Waals surface area contributed by atoms with Crippen molar-refractivity contribution in [1.82, 2.24) is 14.8 Å². The molecule has 6 nitrogen and oxygen atoms in total. The van der Waals surface area contributed by atoms with Gasteiger partial charge in [-0.2, -0.15) is 5.26 Å². The number of anilines is 1. The minimum atomic E-state index is 0.499. The summed E-state index contributed by atoms with van der Waals surface area (Å²) >= 11 is 12.6. The third kappa shape index (κ3) is 6.51. The Hall–Kier alpha value is -4.31. The Morgan fingerprint density at radius 1 is 0.789 bits per heavy atom. The first-order valence-corrected chi connectivity index (χ1v) is 12.7. The molecular weight excluding hydrogens is 517 g/mol. The Bertz CT molecular complexity index is 1520. The van der Waals surface area contributed by atoms with Crippen LogP contribution in [0.25, 0.3) is 0 Å². The molecule has 1 heterocycles. The summed E-state index contributed by atoms with van der Waals surface area (Å²) in [6.07, 6.45) is 1.72. The maximum atomic E-state index is 9.08. The van der Waals surface area contributed by atoms with E-state index < -0.39 is 0 Å². The molecule has 38 heavy (non-hydrogen) atoms. The van der Waals surface area contributed by atoms with Gasteiger partial charge in [0.2, 0.25) is 0 Å². The lowest BCUT2D eigenvalue weighted by atomic mass is 10.1. The standard InChI is InChI=1S/C30H23Cl2N5O/c31-25-14-24(15-26(32)16-25)19-36(27-10-12-29(13-11-27)38-28-4-2-1-3-5-28)20-30-35-34-21-37(30)18-23-8-6-22(17-33)7-9-23/h1-16,21H,18-20H2. The van der Waals surface area contributed by atoms with Gasteiger partial charge in [0.25, 0.3) is 0 Å². The van der Waals surface area contributed by atoms with E-state index in [1.807, 2.05) is 95.6 Å². The van der Waals surface area contributed by atoms with Gasteiger partial charge in [0, 0.05) is 22.3 Å². The quantitative estimate of drug-likeness (QED) is 0.194. The maximum absolute atomic E-state index is 9.08. The van der Waals surface area contributed by atoms with Crippen LogP contribution in [0, 0.1) is 11.3 Å². The summed E-state index contributed by atoms with van der Waals surface area (Å²) in [7, 11) is 0. The molecule has 5 aromatic rings. The highest BCUT2D eigenvalue weighted by atomic mass is 35.5. The average molecular weight is 540 g/mol. The number of para-hydroxylation sites is 1. The van der Waals surface area contributed by atoms with Gasteiger partial charge in [0.1, 0.15) is 17.8 Å². The van der Waals surface area contributed by atoms with E-state index in [4.69, 9.17) is 33.2 Å². The van der Waals surface area contributed by atoms with Crippen LogP contribution in [0.15, 0.2) is 103 Å². The van der Waals surface area contributed by atoms with Crippen molar-refractivity contribution in [3.63, 3.8) is 0 Å². The van der Waals surface area contributed by atoms with Crippen molar-refractivity contribution in [1.29, 1.82) is 5.26 Å². The fourth-order valence-electron chi connectivity index (χ4n) is 4.10. The van der Waals surface area contributed by atoms with Gasteiger partial charge in [-0.3, -0.25) is 0 Å². The van der Waals surface area contributed by atoms with Crippen LogP contribution < -0.4 is 9.64 Å². The molecule has 0 atom stereocenters. The van der Waals surface area contributed by atoms with Crippen LogP contribution in [0.4, 0.5) is 5.69 Å². The highest BCUT2D eigenvalue weighted by Crippen LogP contribution is 2.28. The van der Waals surface area contributed by atoms with Crippen LogP contribution in [0.3, 0.4) is 0 Å². The van der Waals surface area contributed by atoms with E-state index in [0.29, 0.717) is 35.2 Å². The van der Waals surface area contributed by atoms with E-state index in [2.05, 4.69) is 21.2 Å². The molecular formula is C30H23Cl2N5O. The SMILES string of the molecule is N#Cc1ccc(Cn2cnnc2CN(Cc2cc(Cl)cc(Cl)c2)c2ccc(Oc3ccccc3)cc2)cc1. The predicted molar refractivity (Wildman–Crippen MR) is 150 cm³/mol. The lowest BCUT2D eigenvalue weighted by molar-refractivity contribution is 0.482. The zero-order chi connectivity index (χ0) is 26.3. The monoisotopic (exact) mass is 539 g/mol. The van der Waals surface area contributed by atoms with Crippen molar-refractivity contribution in [2.24, 2.45) is 0 Å². The number of hydrogen-bond donors (Lipinski definition) is 0. The molecule has 0 saturated heterocycles. The fraction of sp³-hybridized carbons (Fsp3) is 0.100. The van der Waals surface area contributed by atoms with Gasteiger partial charge in [-0.1, -0.05) is 53.5 Å². The Morgan fingerprint density at radius 3 is 2.16 bits per heavy atom. The molecule has 0 N–H and O–H groups in total. The van der Waals surface area contributed by atoms with Gasteiger partial charge >= 0.3 is 0 Å². The van der Waals surface area contributed by atoms with E-state index in [1.54, 1.807) is 12.4 Å². The first-order valence-electron chi connectivity index (χ1n) is 11.9. The zero-order valence-corrected chi connectivity index (χ0v) is 21.8. The number of nitriles is 1. The van der Waals surface area contributed by atoms with E-state index in [-0.39, 0.29) is 0 Å². The van der Waals surface area contributed by atoms with Gasteiger partial charge in [-0.15, -0.1) is 10.2 Å². The first-order chi connectivity index (χ1) is 18.6. The molecule has 188 valence electrons. The van der Waals surface area contributed by atoms with Crippen LogP contribution in [0.2, 0.25) is 10.0 Å². The smallest absolute Gasteiger partial charge is 0.152 e. The summed E-state index contributed by atoms with van der Waals surface area (Å²) in [6, 6.07) is 32.8. The van der Waals surface area contributed by atoms with E-state index >= 15 is 0 Å². The third-order valence-corrected chi connectivity index (χ3v) is 6.38. The highest BCUT2D eigenvalue weighted by molar-refractivity contribution is 6.34. The molecule has 0 aliphatic carbocycles. The fourth-order valence-corrected chi connectivity index (χ4v) is 4.67. The Balaban J connectivity index is 1.40. The van der Waals surface area contributed by atoms with Crippen LogP contribution >= 0.6 is 23.2 Å². The molecule has 0 unspecified atom stereocenters. The number of halogens is 2. The van der Waals surface area contributed by atoms with Crippen molar-refractivity contribution < 1.29 is 4.74 Å². The molecule has 0 aliphatic rings. The number of rotatable bonds is 9. The molecule has 0 aliphatic heterocycles. The minimum Gasteiger partial charge on any atom is -0.457 e. The molecule has 0 spiro atoms. The molecule has 0 fully saturated rings. The molecule has 1 aromatic heterocycles. The summed E-state index contributed by atoms with van der Waals surface area (Å²) in [4.78, 5) is 2.19. The normalized spacial score (nSPS) is 10.7. The Kier molecular flexibility index (Phi) is 7.89. The van der Waals surface area contributed by atoms with Crippen LogP contribution in [0.5, 0.6) is 11.5 Å². The Labute approximate surface area is 231 Å². The van der Waals surface area contributed by atoms with Gasteiger partial charge in [-0.05, 0) is 77.9 Å². The summed E-state index contributed by atoms with van der Waals surface area (Å²) in [5, 5.41) is 18.8. The van der Waals surface area contributed by atoms with Crippen molar-refractivity contribution in [3.8, 4) is 17.6 Å². The van der Waals surface area contributed by atoms with Crippen LogP contribution in [-0.2, 0) is 19.6 Å². The molecule has 0 saturated carbocycles. The second-order valence-corrected chi connectivity index (χ2v) is 9.60. The Morgan fingerprint density at radius 2 is 1.47 bits per heavy atom. The van der Waals surface area contributed by atoms with Crippen molar-refractivity contribution in [3.05, 3.63) is 136 Å². The van der Waals surface area contributed by atoms with Gasteiger partial charge in [0.15, 0.2) is 5.82 Å². The molecule has 8 heteroatoms. The summed E-state index contributed by atoms with van der Waals surface area (Å²) in [5.74, 6) is 2.32. The molecule has 0 amide bonds. The second kappa shape index (κ2) is 11.8. The summed E-state index contributed by atoms with van der Waals surface area (Å²) in [6.45, 7) is 1.65. The van der Waals surface area contributed by atoms with E-state index in [9.17, 15) is 0 Å². The number of nitrogens with zero attached hydrogens (tertiary/aromatic N) is 5. The van der Waals surface area contributed by atoms with Crippen LogP contribution in [-0.4, -0.2) is 14.8 Å². The average Bonchev–Trinajstić information content (AvgIpc) is 3.35. The lowest BCUT2D eigenvalue weighted by Gasteiger charge is -2.25. The largest absolute Gasteiger partial charge is 0.457 e. The van der Waals surface area contributed by atoms with Gasteiger partial charge < -0.3 is 14.2 Å². The predicted octanol–water partition coefficient (Wildman–Crippen LogP) is 7.50. The van der Waals surface area contributed by atoms with E-state index in [1.165, 1.54) is 0 Å². The summed E-state index contributed by atoms with van der Waals surface area (Å²) in [5.41, 5.74) is 3.64. The first kappa shape index (κ1) is 25.3. The maximum Gasteiger partial charge on any atom is 0.152 e. The molecule has 5 rings (SSSR count). The zero-order valence-electron chi connectivity index (χ0n) is 20.3. The van der Waals surface area contributed by atoms with E-state index in [0.717, 1.165) is 34.1 Å². The molecule has 0 radical (unpaired) electrons. The highest BCUT2D eigenvalue weighted by Gasteiger charge is 2.15. The van der Waals surface area contributed by atoms with Gasteiger partial charge in [-0.25, -0.2) is 0 Å². The van der Waals surface area contributed by atoms with Crippen molar-refractivity contribution >= 4 is 28.9 Å². The van der Waals surface area contributed by atoms with Crippen molar-refractivity contribution in [2.45, 2.75) is 19.6 Å². The minimum absolute atomic E-state index is 0.499. The summed E-state index contributed by atoms with van der Waals surface area (Å²) < 4.78 is 7.98. The molecule has 4 aromatic carbocycles. The lowest BCUT2D eigenvalue weighted by Crippen LogP contribution is -2.24. The van der Waals surface area contributed by atoms with Crippen LogP contribution in [0.1, 0.15) is 22.5 Å². The number of benzene rings is 4. The topological polar surface area (TPSA) is 67.0 Å². The van der Waals surface area contributed by atoms with Gasteiger partial charge in [0.05, 0.1) is 24.7 Å². The number of aromatic nitrogens is 3. The number of hydrogen-bond acceptors (Lipinski definition) is 5. The second-order valence-electron chi connectivity index (χ2n) is 8.73. The van der Waals surface area contributed by atoms with Crippen molar-refractivity contribution in [2.75, 3.05) is 4.90 Å². The third-order valence-electron chi connectivity index (χ3n) is 5.94. The molecule has 0 bridgehead atoms. The number of ether oxygens (including phenoxy) is 1.